The number of carbonyl (C=O) groups is 2. The molecule has 1 fully saturated rings. The van der Waals surface area contributed by atoms with Crippen molar-refractivity contribution in [2.24, 2.45) is 0 Å². The standard InChI is InChI=1S/C11H20N2O3/c1-4-9-6-5-7-13(9)11(16)12(3)8(2)10(14)15/h8-9H,4-7H2,1-3H3,(H,14,15). The number of hydrogen-bond donors (Lipinski definition) is 1. The second kappa shape index (κ2) is 5.18. The van der Waals surface area contributed by atoms with Crippen LogP contribution in [0.5, 0.6) is 0 Å². The van der Waals surface area contributed by atoms with E-state index in [0.717, 1.165) is 25.8 Å². The van der Waals surface area contributed by atoms with Crippen LogP contribution in [0, 0.1) is 0 Å². The third-order valence-corrected chi connectivity index (χ3v) is 3.33. The summed E-state index contributed by atoms with van der Waals surface area (Å²) >= 11 is 0. The van der Waals surface area contributed by atoms with Crippen LogP contribution < -0.4 is 0 Å². The van der Waals surface area contributed by atoms with Crippen LogP contribution in [-0.4, -0.2) is 52.6 Å². The van der Waals surface area contributed by atoms with Gasteiger partial charge in [-0.3, -0.25) is 0 Å². The fourth-order valence-corrected chi connectivity index (χ4v) is 2.05. The Morgan fingerprint density at radius 1 is 1.56 bits per heavy atom. The number of aliphatic carboxylic acids is 1. The lowest BCUT2D eigenvalue weighted by molar-refractivity contribution is -0.141. The van der Waals surface area contributed by atoms with Crippen LogP contribution in [0.15, 0.2) is 0 Å². The van der Waals surface area contributed by atoms with Crippen LogP contribution in [0.2, 0.25) is 0 Å². The highest BCUT2D eigenvalue weighted by atomic mass is 16.4. The number of amides is 2. The first-order valence-corrected chi connectivity index (χ1v) is 5.75. The summed E-state index contributed by atoms with van der Waals surface area (Å²) in [5, 5.41) is 8.85. The van der Waals surface area contributed by atoms with Crippen LogP contribution >= 0.6 is 0 Å². The topological polar surface area (TPSA) is 60.9 Å². The number of carboxylic acids is 1. The molecule has 1 rings (SSSR count). The molecule has 5 heteroatoms. The number of carbonyl (C=O) groups excluding carboxylic acids is 1. The monoisotopic (exact) mass is 228 g/mol. The summed E-state index contributed by atoms with van der Waals surface area (Å²) in [6, 6.07) is -0.666. The molecule has 0 aromatic heterocycles. The molecule has 1 aliphatic heterocycles. The smallest absolute Gasteiger partial charge is 0.326 e. The lowest BCUT2D eigenvalue weighted by Crippen LogP contribution is -2.49. The molecule has 0 radical (unpaired) electrons. The lowest BCUT2D eigenvalue weighted by Gasteiger charge is -2.31. The van der Waals surface area contributed by atoms with Gasteiger partial charge in [0.15, 0.2) is 0 Å². The van der Waals surface area contributed by atoms with Crippen LogP contribution in [0.1, 0.15) is 33.1 Å². The van der Waals surface area contributed by atoms with E-state index in [2.05, 4.69) is 6.92 Å². The Labute approximate surface area is 96.0 Å². The first kappa shape index (κ1) is 12.8. The number of likely N-dealkylation sites (N-methyl/N-ethyl adjacent to an activating group) is 1. The van der Waals surface area contributed by atoms with Crippen molar-refractivity contribution >= 4 is 12.0 Å². The van der Waals surface area contributed by atoms with Crippen molar-refractivity contribution in [1.82, 2.24) is 9.80 Å². The van der Waals surface area contributed by atoms with E-state index in [4.69, 9.17) is 5.11 Å². The van der Waals surface area contributed by atoms with Gasteiger partial charge in [0, 0.05) is 19.6 Å². The van der Waals surface area contributed by atoms with Crippen molar-refractivity contribution in [1.29, 1.82) is 0 Å². The summed E-state index contributed by atoms with van der Waals surface area (Å²) in [7, 11) is 1.55. The predicted octanol–water partition coefficient (Wildman–Crippen LogP) is 1.39. The number of nitrogens with zero attached hydrogens (tertiary/aromatic N) is 2. The van der Waals surface area contributed by atoms with Gasteiger partial charge < -0.3 is 14.9 Å². The maximum Gasteiger partial charge on any atom is 0.326 e. The summed E-state index contributed by atoms with van der Waals surface area (Å²) in [6.45, 7) is 4.32. The van der Waals surface area contributed by atoms with E-state index < -0.39 is 12.0 Å². The van der Waals surface area contributed by atoms with Crippen molar-refractivity contribution in [3.05, 3.63) is 0 Å². The first-order chi connectivity index (χ1) is 7.49. The Morgan fingerprint density at radius 2 is 2.19 bits per heavy atom. The predicted molar refractivity (Wildman–Crippen MR) is 60.3 cm³/mol. The van der Waals surface area contributed by atoms with Crippen molar-refractivity contribution in [3.8, 4) is 0 Å². The average molecular weight is 228 g/mol. The second-order valence-corrected chi connectivity index (χ2v) is 4.31. The molecule has 5 nitrogen and oxygen atoms in total. The molecular weight excluding hydrogens is 208 g/mol. The Hall–Kier alpha value is -1.26. The zero-order valence-electron chi connectivity index (χ0n) is 10.1. The van der Waals surface area contributed by atoms with Gasteiger partial charge >= 0.3 is 12.0 Å². The molecule has 2 amide bonds. The van der Waals surface area contributed by atoms with E-state index in [-0.39, 0.29) is 12.1 Å². The molecule has 1 heterocycles. The van der Waals surface area contributed by atoms with E-state index in [9.17, 15) is 9.59 Å². The Morgan fingerprint density at radius 3 is 2.69 bits per heavy atom. The molecule has 0 saturated carbocycles. The lowest BCUT2D eigenvalue weighted by atomic mass is 10.2. The highest BCUT2D eigenvalue weighted by molar-refractivity contribution is 5.82. The first-order valence-electron chi connectivity index (χ1n) is 5.75. The van der Waals surface area contributed by atoms with Gasteiger partial charge in [-0.1, -0.05) is 6.92 Å². The minimum Gasteiger partial charge on any atom is -0.480 e. The highest BCUT2D eigenvalue weighted by Crippen LogP contribution is 2.21. The molecule has 0 aromatic rings. The van der Waals surface area contributed by atoms with Crippen molar-refractivity contribution in [2.75, 3.05) is 13.6 Å². The average Bonchev–Trinajstić information content (AvgIpc) is 2.73. The number of urea groups is 1. The summed E-state index contributed by atoms with van der Waals surface area (Å²) in [6.07, 6.45) is 2.97. The fourth-order valence-electron chi connectivity index (χ4n) is 2.05. The van der Waals surface area contributed by atoms with Crippen LogP contribution in [0.4, 0.5) is 4.79 Å². The molecule has 92 valence electrons. The van der Waals surface area contributed by atoms with Gasteiger partial charge in [-0.15, -0.1) is 0 Å². The van der Waals surface area contributed by atoms with Gasteiger partial charge in [0.1, 0.15) is 6.04 Å². The minimum atomic E-state index is -0.969. The highest BCUT2D eigenvalue weighted by Gasteiger charge is 2.32. The van der Waals surface area contributed by atoms with Gasteiger partial charge in [-0.25, -0.2) is 9.59 Å². The molecule has 2 unspecified atom stereocenters. The van der Waals surface area contributed by atoms with E-state index in [1.807, 2.05) is 0 Å². The Balaban J connectivity index is 2.66. The Kier molecular flexibility index (Phi) is 4.15. The van der Waals surface area contributed by atoms with Gasteiger partial charge in [0.25, 0.3) is 0 Å². The molecule has 0 aromatic carbocycles. The molecular formula is C11H20N2O3. The van der Waals surface area contributed by atoms with E-state index in [1.165, 1.54) is 11.8 Å². The quantitative estimate of drug-likeness (QED) is 0.794. The maximum absolute atomic E-state index is 12.0. The summed E-state index contributed by atoms with van der Waals surface area (Å²) in [5.74, 6) is -0.969. The Bertz CT molecular complexity index is 280. The zero-order chi connectivity index (χ0) is 12.3. The molecule has 1 saturated heterocycles. The largest absolute Gasteiger partial charge is 0.480 e. The molecule has 0 aliphatic carbocycles. The fraction of sp³-hybridized carbons (Fsp3) is 0.818. The van der Waals surface area contributed by atoms with Gasteiger partial charge in [-0.2, -0.15) is 0 Å². The maximum atomic E-state index is 12.0. The van der Waals surface area contributed by atoms with Crippen molar-refractivity contribution < 1.29 is 14.7 Å². The van der Waals surface area contributed by atoms with Crippen molar-refractivity contribution in [2.45, 2.75) is 45.2 Å². The summed E-state index contributed by atoms with van der Waals surface area (Å²) in [5.41, 5.74) is 0. The van der Waals surface area contributed by atoms with E-state index in [1.54, 1.807) is 11.9 Å². The molecule has 2 atom stereocenters. The molecule has 1 N–H and O–H groups in total. The normalized spacial score (nSPS) is 21.9. The third kappa shape index (κ3) is 2.46. The van der Waals surface area contributed by atoms with Crippen LogP contribution in [-0.2, 0) is 4.79 Å². The molecule has 0 spiro atoms. The molecule has 16 heavy (non-hydrogen) atoms. The number of likely N-dealkylation sites (tertiary alicyclic amines) is 1. The number of carboxylic acid groups (broad SMARTS) is 1. The minimum absolute atomic E-state index is 0.167. The number of rotatable bonds is 3. The van der Waals surface area contributed by atoms with Crippen molar-refractivity contribution in [3.63, 3.8) is 0 Å². The van der Waals surface area contributed by atoms with E-state index >= 15 is 0 Å². The summed E-state index contributed by atoms with van der Waals surface area (Å²) in [4.78, 5) is 25.9. The second-order valence-electron chi connectivity index (χ2n) is 4.31. The number of hydrogen-bond acceptors (Lipinski definition) is 2. The van der Waals surface area contributed by atoms with Gasteiger partial charge in [-0.05, 0) is 26.2 Å². The van der Waals surface area contributed by atoms with Gasteiger partial charge in [0.2, 0.25) is 0 Å². The van der Waals surface area contributed by atoms with E-state index in [0.29, 0.717) is 0 Å². The summed E-state index contributed by atoms with van der Waals surface area (Å²) < 4.78 is 0. The third-order valence-electron chi connectivity index (χ3n) is 3.33. The molecule has 1 aliphatic rings. The van der Waals surface area contributed by atoms with Crippen LogP contribution in [0.3, 0.4) is 0 Å². The zero-order valence-corrected chi connectivity index (χ0v) is 10.1. The van der Waals surface area contributed by atoms with Gasteiger partial charge in [0.05, 0.1) is 0 Å². The molecule has 0 bridgehead atoms. The SMILES string of the molecule is CCC1CCCN1C(=O)N(C)C(C)C(=O)O. The van der Waals surface area contributed by atoms with Crippen LogP contribution in [0.25, 0.3) is 0 Å².